The highest BCUT2D eigenvalue weighted by molar-refractivity contribution is 5.67. The smallest absolute Gasteiger partial charge is 0.405 e. The molecule has 1 saturated carbocycles. The first-order chi connectivity index (χ1) is 9.65. The van der Waals surface area contributed by atoms with E-state index in [1.807, 2.05) is 12.1 Å². The van der Waals surface area contributed by atoms with Crippen LogP contribution >= 0.6 is 0 Å². The van der Waals surface area contributed by atoms with Gasteiger partial charge in [-0.15, -0.1) is 0 Å². The van der Waals surface area contributed by atoms with Gasteiger partial charge in [-0.1, -0.05) is 18.9 Å². The molecular formula is C16H21NO3. The Hall–Kier alpha value is -1.71. The topological polar surface area (TPSA) is 58.6 Å². The largest absolute Gasteiger partial charge is 0.497 e. The van der Waals surface area contributed by atoms with E-state index in [1.54, 1.807) is 7.11 Å². The summed E-state index contributed by atoms with van der Waals surface area (Å²) in [7, 11) is 1.65. The Labute approximate surface area is 119 Å². The van der Waals surface area contributed by atoms with Gasteiger partial charge in [-0.05, 0) is 54.9 Å². The van der Waals surface area contributed by atoms with Crippen molar-refractivity contribution in [3.63, 3.8) is 0 Å². The Kier molecular flexibility index (Phi) is 3.32. The van der Waals surface area contributed by atoms with Crippen molar-refractivity contribution in [1.29, 1.82) is 0 Å². The standard InChI is InChI=1S/C16H21NO3/c1-20-13-8-6-11-5-7-12-4-2-3-9-16(12,14(11)10-13)17-15(18)19/h6,8,10,12,17H,2-5,7,9H2,1H3,(H,18,19). The molecule has 4 heteroatoms. The fourth-order valence-electron chi connectivity index (χ4n) is 4.06. The number of ether oxygens (including phenoxy) is 1. The Morgan fingerprint density at radius 3 is 3.00 bits per heavy atom. The second kappa shape index (κ2) is 5.00. The van der Waals surface area contributed by atoms with E-state index >= 15 is 0 Å². The number of aryl methyl sites for hydroxylation is 1. The summed E-state index contributed by atoms with van der Waals surface area (Å²) < 4.78 is 5.33. The molecule has 0 aromatic heterocycles. The van der Waals surface area contributed by atoms with Crippen LogP contribution in [-0.4, -0.2) is 18.3 Å². The number of benzene rings is 1. The second-order valence-electron chi connectivity index (χ2n) is 5.91. The highest BCUT2D eigenvalue weighted by Gasteiger charge is 2.46. The monoisotopic (exact) mass is 275 g/mol. The molecule has 0 heterocycles. The van der Waals surface area contributed by atoms with E-state index in [9.17, 15) is 9.90 Å². The zero-order chi connectivity index (χ0) is 14.2. The normalized spacial score (nSPS) is 28.1. The summed E-state index contributed by atoms with van der Waals surface area (Å²) in [5.74, 6) is 1.22. The molecule has 2 N–H and O–H groups in total. The summed E-state index contributed by atoms with van der Waals surface area (Å²) in [5.41, 5.74) is 1.99. The number of methoxy groups -OCH3 is 1. The summed E-state index contributed by atoms with van der Waals surface area (Å²) >= 11 is 0. The van der Waals surface area contributed by atoms with Gasteiger partial charge in [0.05, 0.1) is 12.6 Å². The third-order valence-corrected chi connectivity index (χ3v) is 4.96. The number of rotatable bonds is 2. The predicted molar refractivity (Wildman–Crippen MR) is 76.1 cm³/mol. The fraction of sp³-hybridized carbons (Fsp3) is 0.562. The van der Waals surface area contributed by atoms with Crippen LogP contribution in [0.5, 0.6) is 5.75 Å². The molecule has 0 radical (unpaired) electrons. The van der Waals surface area contributed by atoms with Crippen LogP contribution in [0.1, 0.15) is 43.2 Å². The van der Waals surface area contributed by atoms with Crippen molar-refractivity contribution in [3.05, 3.63) is 29.3 Å². The van der Waals surface area contributed by atoms with Gasteiger partial charge in [0.2, 0.25) is 0 Å². The maximum absolute atomic E-state index is 11.3. The van der Waals surface area contributed by atoms with Crippen LogP contribution in [0.3, 0.4) is 0 Å². The summed E-state index contributed by atoms with van der Waals surface area (Å²) in [4.78, 5) is 11.3. The molecule has 2 atom stereocenters. The average molecular weight is 275 g/mol. The molecule has 1 aromatic rings. The molecule has 3 rings (SSSR count). The van der Waals surface area contributed by atoms with E-state index in [4.69, 9.17) is 4.74 Å². The van der Waals surface area contributed by atoms with Crippen LogP contribution in [0, 0.1) is 5.92 Å². The SMILES string of the molecule is COc1ccc2c(c1)C1(NC(=O)O)CCCCC1CC2. The van der Waals surface area contributed by atoms with Crippen molar-refractivity contribution >= 4 is 6.09 Å². The number of carboxylic acid groups (broad SMARTS) is 1. The molecular weight excluding hydrogens is 254 g/mol. The highest BCUT2D eigenvalue weighted by atomic mass is 16.5. The molecule has 0 aliphatic heterocycles. The number of carbonyl (C=O) groups is 1. The lowest BCUT2D eigenvalue weighted by atomic mass is 9.62. The molecule has 1 amide bonds. The first kappa shape index (κ1) is 13.3. The Bertz CT molecular complexity index is 528. The molecule has 0 saturated heterocycles. The van der Waals surface area contributed by atoms with Crippen molar-refractivity contribution in [1.82, 2.24) is 5.32 Å². The minimum atomic E-state index is -0.924. The lowest BCUT2D eigenvalue weighted by Crippen LogP contribution is -2.54. The molecule has 4 nitrogen and oxygen atoms in total. The molecule has 108 valence electrons. The third-order valence-electron chi connectivity index (χ3n) is 4.96. The first-order valence-corrected chi connectivity index (χ1v) is 7.34. The molecule has 2 aliphatic carbocycles. The lowest BCUT2D eigenvalue weighted by Gasteiger charge is -2.48. The number of nitrogens with one attached hydrogen (secondary N) is 1. The lowest BCUT2D eigenvalue weighted by molar-refractivity contribution is 0.107. The summed E-state index contributed by atoms with van der Waals surface area (Å²) in [6.45, 7) is 0. The molecule has 0 spiro atoms. The van der Waals surface area contributed by atoms with Gasteiger partial charge < -0.3 is 15.2 Å². The second-order valence-corrected chi connectivity index (χ2v) is 5.91. The van der Waals surface area contributed by atoms with Crippen LogP contribution in [0.25, 0.3) is 0 Å². The van der Waals surface area contributed by atoms with Crippen molar-refractivity contribution in [2.24, 2.45) is 5.92 Å². The minimum Gasteiger partial charge on any atom is -0.497 e. The van der Waals surface area contributed by atoms with E-state index in [-0.39, 0.29) is 0 Å². The van der Waals surface area contributed by atoms with Crippen molar-refractivity contribution in [2.45, 2.75) is 44.1 Å². The molecule has 20 heavy (non-hydrogen) atoms. The number of hydrogen-bond donors (Lipinski definition) is 2. The molecule has 2 aliphatic rings. The van der Waals surface area contributed by atoms with Crippen molar-refractivity contribution in [3.8, 4) is 5.75 Å². The summed E-state index contributed by atoms with van der Waals surface area (Å²) in [6, 6.07) is 6.09. The van der Waals surface area contributed by atoms with E-state index in [0.29, 0.717) is 5.92 Å². The highest BCUT2D eigenvalue weighted by Crippen LogP contribution is 2.49. The van der Waals surface area contributed by atoms with E-state index in [0.717, 1.165) is 43.4 Å². The fourth-order valence-corrected chi connectivity index (χ4v) is 4.06. The van der Waals surface area contributed by atoms with Gasteiger partial charge in [0, 0.05) is 0 Å². The van der Waals surface area contributed by atoms with Gasteiger partial charge in [-0.2, -0.15) is 0 Å². The molecule has 1 fully saturated rings. The van der Waals surface area contributed by atoms with Gasteiger partial charge in [-0.25, -0.2) is 4.79 Å². The number of hydrogen-bond acceptors (Lipinski definition) is 2. The van der Waals surface area contributed by atoms with Crippen LogP contribution in [-0.2, 0) is 12.0 Å². The Morgan fingerprint density at radius 1 is 1.40 bits per heavy atom. The van der Waals surface area contributed by atoms with Gasteiger partial charge in [0.15, 0.2) is 0 Å². The maximum atomic E-state index is 11.3. The quantitative estimate of drug-likeness (QED) is 0.870. The molecule has 0 bridgehead atoms. The van der Waals surface area contributed by atoms with Crippen LogP contribution in [0.4, 0.5) is 4.79 Å². The van der Waals surface area contributed by atoms with Gasteiger partial charge in [0.25, 0.3) is 0 Å². The van der Waals surface area contributed by atoms with Gasteiger partial charge >= 0.3 is 6.09 Å². The first-order valence-electron chi connectivity index (χ1n) is 7.34. The molecule has 1 aromatic carbocycles. The number of amides is 1. The van der Waals surface area contributed by atoms with Gasteiger partial charge in [0.1, 0.15) is 5.75 Å². The third kappa shape index (κ3) is 2.03. The summed E-state index contributed by atoms with van der Waals surface area (Å²) in [6.07, 6.45) is 5.46. The van der Waals surface area contributed by atoms with Crippen LogP contribution < -0.4 is 10.1 Å². The van der Waals surface area contributed by atoms with Crippen molar-refractivity contribution < 1.29 is 14.6 Å². The predicted octanol–water partition coefficient (Wildman–Crippen LogP) is 3.29. The Morgan fingerprint density at radius 2 is 2.25 bits per heavy atom. The minimum absolute atomic E-state index is 0.409. The zero-order valence-electron chi connectivity index (χ0n) is 11.8. The van der Waals surface area contributed by atoms with E-state index < -0.39 is 11.6 Å². The van der Waals surface area contributed by atoms with E-state index in [1.165, 1.54) is 12.0 Å². The van der Waals surface area contributed by atoms with E-state index in [2.05, 4.69) is 11.4 Å². The number of fused-ring (bicyclic) bond motifs is 3. The van der Waals surface area contributed by atoms with Crippen LogP contribution in [0.2, 0.25) is 0 Å². The average Bonchev–Trinajstić information content (AvgIpc) is 2.46. The molecule has 2 unspecified atom stereocenters. The Balaban J connectivity index is 2.11. The van der Waals surface area contributed by atoms with Gasteiger partial charge in [-0.3, -0.25) is 0 Å². The maximum Gasteiger partial charge on any atom is 0.405 e. The van der Waals surface area contributed by atoms with Crippen molar-refractivity contribution in [2.75, 3.05) is 7.11 Å². The summed E-state index contributed by atoms with van der Waals surface area (Å²) in [5, 5.41) is 12.2. The van der Waals surface area contributed by atoms with Crippen LogP contribution in [0.15, 0.2) is 18.2 Å². The zero-order valence-corrected chi connectivity index (χ0v) is 11.8.